The third-order valence-corrected chi connectivity index (χ3v) is 6.45. The van der Waals surface area contributed by atoms with Crippen LogP contribution in [0.25, 0.3) is 5.69 Å². The topological polar surface area (TPSA) is 71.8 Å². The molecule has 1 heterocycles. The van der Waals surface area contributed by atoms with Crippen LogP contribution in [0.3, 0.4) is 0 Å². The first-order chi connectivity index (χ1) is 16.4. The van der Waals surface area contributed by atoms with Gasteiger partial charge in [0.15, 0.2) is 11.0 Å². The number of aromatic nitrogens is 3. The first kappa shape index (κ1) is 23.5. The monoisotopic (exact) mass is 475 g/mol. The smallest absolute Gasteiger partial charge is 0.319 e. The number of amides is 2. The Morgan fingerprint density at radius 3 is 2.38 bits per heavy atom. The molecule has 0 aliphatic heterocycles. The fourth-order valence-corrected chi connectivity index (χ4v) is 4.27. The number of urea groups is 1. The number of hydrogen-bond acceptors (Lipinski definition) is 4. The van der Waals surface area contributed by atoms with E-state index in [1.807, 2.05) is 67.8 Å². The minimum atomic E-state index is -0.317. The summed E-state index contributed by atoms with van der Waals surface area (Å²) in [4.78, 5) is 12.5. The summed E-state index contributed by atoms with van der Waals surface area (Å²) in [6.07, 6.45) is 0. The molecule has 0 unspecified atom stereocenters. The van der Waals surface area contributed by atoms with Crippen molar-refractivity contribution >= 4 is 23.5 Å². The van der Waals surface area contributed by atoms with E-state index in [0.717, 1.165) is 28.1 Å². The molecule has 0 atom stereocenters. The molecule has 8 heteroatoms. The second kappa shape index (κ2) is 10.5. The van der Waals surface area contributed by atoms with Gasteiger partial charge in [0.25, 0.3) is 0 Å². The van der Waals surface area contributed by atoms with Gasteiger partial charge in [-0.05, 0) is 73.9 Å². The molecule has 0 saturated carbocycles. The highest BCUT2D eigenvalue weighted by Crippen LogP contribution is 2.26. The number of nitrogens with one attached hydrogen (secondary N) is 2. The molecular formula is C26H26FN5OS. The zero-order chi connectivity index (χ0) is 24.1. The fourth-order valence-electron chi connectivity index (χ4n) is 3.34. The van der Waals surface area contributed by atoms with E-state index in [0.29, 0.717) is 16.7 Å². The van der Waals surface area contributed by atoms with Gasteiger partial charge in [-0.25, -0.2) is 9.18 Å². The molecule has 4 aromatic rings. The highest BCUT2D eigenvalue weighted by Gasteiger charge is 2.16. The van der Waals surface area contributed by atoms with Gasteiger partial charge in [0.1, 0.15) is 5.82 Å². The van der Waals surface area contributed by atoms with Crippen LogP contribution in [0.2, 0.25) is 0 Å². The summed E-state index contributed by atoms with van der Waals surface area (Å²) < 4.78 is 15.2. The molecule has 1 aromatic heterocycles. The van der Waals surface area contributed by atoms with Crippen LogP contribution in [0.5, 0.6) is 0 Å². The van der Waals surface area contributed by atoms with Gasteiger partial charge in [-0.2, -0.15) is 0 Å². The molecule has 0 spiro atoms. The first-order valence-corrected chi connectivity index (χ1v) is 11.9. The van der Waals surface area contributed by atoms with Crippen molar-refractivity contribution in [3.63, 3.8) is 0 Å². The lowest BCUT2D eigenvalue weighted by molar-refractivity contribution is 0.251. The zero-order valence-electron chi connectivity index (χ0n) is 19.3. The first-order valence-electron chi connectivity index (χ1n) is 10.9. The average molecular weight is 476 g/mol. The summed E-state index contributed by atoms with van der Waals surface area (Å²) in [5, 5.41) is 15.1. The second-order valence-corrected chi connectivity index (χ2v) is 9.03. The molecule has 0 fully saturated rings. The number of carbonyl (C=O) groups excluding carboxylic acids is 1. The number of nitrogens with zero attached hydrogens (tertiary/aromatic N) is 3. The van der Waals surface area contributed by atoms with Crippen LogP contribution in [0.4, 0.5) is 14.9 Å². The average Bonchev–Trinajstić information content (AvgIpc) is 3.23. The van der Waals surface area contributed by atoms with Crippen molar-refractivity contribution < 1.29 is 9.18 Å². The molecule has 174 valence electrons. The molecule has 4 rings (SSSR count). The van der Waals surface area contributed by atoms with E-state index >= 15 is 0 Å². The Hall–Kier alpha value is -3.65. The maximum Gasteiger partial charge on any atom is 0.319 e. The van der Waals surface area contributed by atoms with Crippen molar-refractivity contribution in [1.82, 2.24) is 20.1 Å². The molecule has 0 bridgehead atoms. The van der Waals surface area contributed by atoms with Gasteiger partial charge < -0.3 is 10.6 Å². The van der Waals surface area contributed by atoms with E-state index in [1.54, 1.807) is 12.1 Å². The highest BCUT2D eigenvalue weighted by atomic mass is 32.2. The summed E-state index contributed by atoms with van der Waals surface area (Å²) in [5.74, 6) is 0.968. The predicted molar refractivity (Wildman–Crippen MR) is 134 cm³/mol. The van der Waals surface area contributed by atoms with E-state index in [4.69, 9.17) is 0 Å². The fraction of sp³-hybridized carbons (Fsp3) is 0.192. The standard InChI is InChI=1S/C26H26FN5OS/c1-17-4-12-23(13-5-17)32-24(15-28-25(33)29-22-11-6-18(2)19(3)14-22)30-31-26(32)34-16-20-7-9-21(27)10-8-20/h4-14H,15-16H2,1-3H3,(H2,28,29,33). The van der Waals surface area contributed by atoms with Crippen molar-refractivity contribution in [2.24, 2.45) is 0 Å². The maximum absolute atomic E-state index is 13.2. The molecule has 2 amide bonds. The van der Waals surface area contributed by atoms with Gasteiger partial charge in [0.2, 0.25) is 0 Å². The summed E-state index contributed by atoms with van der Waals surface area (Å²) in [6, 6.07) is 19.9. The number of hydrogen-bond donors (Lipinski definition) is 2. The highest BCUT2D eigenvalue weighted by molar-refractivity contribution is 7.98. The van der Waals surface area contributed by atoms with E-state index < -0.39 is 0 Å². The van der Waals surface area contributed by atoms with E-state index in [-0.39, 0.29) is 18.4 Å². The third kappa shape index (κ3) is 5.82. The summed E-state index contributed by atoms with van der Waals surface area (Å²) in [7, 11) is 0. The lowest BCUT2D eigenvalue weighted by Gasteiger charge is -2.12. The number of aryl methyl sites for hydroxylation is 3. The predicted octanol–water partition coefficient (Wildman–Crippen LogP) is 5.95. The molecular weight excluding hydrogens is 449 g/mol. The number of anilines is 1. The van der Waals surface area contributed by atoms with Crippen LogP contribution in [0.1, 0.15) is 28.1 Å². The number of carbonyl (C=O) groups is 1. The molecule has 0 radical (unpaired) electrons. The van der Waals surface area contributed by atoms with Crippen LogP contribution >= 0.6 is 11.8 Å². The summed E-state index contributed by atoms with van der Waals surface area (Å²) >= 11 is 1.50. The Kier molecular flexibility index (Phi) is 7.27. The van der Waals surface area contributed by atoms with E-state index in [1.165, 1.54) is 29.5 Å². The van der Waals surface area contributed by atoms with Gasteiger partial charge in [0, 0.05) is 17.1 Å². The second-order valence-electron chi connectivity index (χ2n) is 8.09. The van der Waals surface area contributed by atoms with Gasteiger partial charge >= 0.3 is 6.03 Å². The third-order valence-electron chi connectivity index (χ3n) is 5.45. The normalized spacial score (nSPS) is 10.8. The van der Waals surface area contributed by atoms with Crippen molar-refractivity contribution in [1.29, 1.82) is 0 Å². The quantitative estimate of drug-likeness (QED) is 0.324. The molecule has 6 nitrogen and oxygen atoms in total. The van der Waals surface area contributed by atoms with Crippen molar-refractivity contribution in [3.8, 4) is 5.69 Å². The van der Waals surface area contributed by atoms with Gasteiger partial charge in [-0.1, -0.05) is 47.7 Å². The molecule has 0 saturated heterocycles. The largest absolute Gasteiger partial charge is 0.331 e. The van der Waals surface area contributed by atoms with Crippen LogP contribution < -0.4 is 10.6 Å². The van der Waals surface area contributed by atoms with Crippen molar-refractivity contribution in [2.45, 2.75) is 38.2 Å². The van der Waals surface area contributed by atoms with Gasteiger partial charge in [-0.15, -0.1) is 10.2 Å². The Bertz CT molecular complexity index is 1290. The number of thioether (sulfide) groups is 1. The number of rotatable bonds is 7. The van der Waals surface area contributed by atoms with Gasteiger partial charge in [-0.3, -0.25) is 4.57 Å². The SMILES string of the molecule is Cc1ccc(-n2c(CNC(=O)Nc3ccc(C)c(C)c3)nnc2SCc2ccc(F)cc2)cc1. The van der Waals surface area contributed by atoms with Crippen LogP contribution in [-0.4, -0.2) is 20.8 Å². The molecule has 0 aliphatic carbocycles. The van der Waals surface area contributed by atoms with Crippen molar-refractivity contribution in [2.75, 3.05) is 5.32 Å². The van der Waals surface area contributed by atoms with Crippen LogP contribution in [-0.2, 0) is 12.3 Å². The lowest BCUT2D eigenvalue weighted by atomic mass is 10.1. The molecule has 0 aliphatic rings. The molecule has 3 aromatic carbocycles. The van der Waals surface area contributed by atoms with Crippen LogP contribution in [0, 0.1) is 26.6 Å². The Balaban J connectivity index is 1.50. The van der Waals surface area contributed by atoms with Crippen LogP contribution in [0.15, 0.2) is 71.9 Å². The zero-order valence-corrected chi connectivity index (χ0v) is 20.1. The Labute approximate surface area is 202 Å². The number of benzene rings is 3. The maximum atomic E-state index is 13.2. The minimum absolute atomic E-state index is 0.203. The van der Waals surface area contributed by atoms with Gasteiger partial charge in [0.05, 0.1) is 6.54 Å². The molecule has 2 N–H and O–H groups in total. The minimum Gasteiger partial charge on any atom is -0.331 e. The van der Waals surface area contributed by atoms with Crippen molar-refractivity contribution in [3.05, 3.63) is 101 Å². The lowest BCUT2D eigenvalue weighted by Crippen LogP contribution is -2.29. The Morgan fingerprint density at radius 1 is 0.941 bits per heavy atom. The number of halogens is 1. The summed E-state index contributed by atoms with van der Waals surface area (Å²) in [6.45, 7) is 6.27. The van der Waals surface area contributed by atoms with E-state index in [2.05, 4.69) is 20.8 Å². The van der Waals surface area contributed by atoms with E-state index in [9.17, 15) is 9.18 Å². The Morgan fingerprint density at radius 2 is 1.68 bits per heavy atom. The molecule has 34 heavy (non-hydrogen) atoms. The summed E-state index contributed by atoms with van der Waals surface area (Å²) in [5.41, 5.74) is 6.05.